The third-order valence-corrected chi connectivity index (χ3v) is 3.45. The molecule has 1 aliphatic rings. The van der Waals surface area contributed by atoms with Crippen LogP contribution in [-0.2, 0) is 11.8 Å². The Kier molecular flexibility index (Phi) is 3.06. The summed E-state index contributed by atoms with van der Waals surface area (Å²) in [7, 11) is 3.38. The fourth-order valence-corrected chi connectivity index (χ4v) is 2.08. The number of aromatic nitrogens is 2. The molecule has 0 spiro atoms. The molecule has 0 atom stereocenters. The molecule has 1 amide bonds. The van der Waals surface area contributed by atoms with Gasteiger partial charge in [0.25, 0.3) is 5.91 Å². The van der Waals surface area contributed by atoms with E-state index in [-0.39, 0.29) is 11.5 Å². The standard InChI is InChI=1S/C11H18N4O2/c1-15-9(8(12)6-14-15)10(16)13-7-11(17-2)4-3-5-11/h6H,3-5,7,12H2,1-2H3,(H,13,16). The summed E-state index contributed by atoms with van der Waals surface area (Å²) in [4.78, 5) is 11.9. The highest BCUT2D eigenvalue weighted by atomic mass is 16.5. The minimum absolute atomic E-state index is 0.178. The fourth-order valence-electron chi connectivity index (χ4n) is 2.08. The van der Waals surface area contributed by atoms with E-state index in [1.165, 1.54) is 10.9 Å². The normalized spacial score (nSPS) is 17.5. The molecular weight excluding hydrogens is 220 g/mol. The summed E-state index contributed by atoms with van der Waals surface area (Å²) in [5.41, 5.74) is 6.30. The number of nitrogens with two attached hydrogens (primary N) is 1. The molecule has 0 unspecified atom stereocenters. The number of carbonyl (C=O) groups is 1. The molecule has 0 saturated heterocycles. The largest absolute Gasteiger partial charge is 0.396 e. The van der Waals surface area contributed by atoms with E-state index in [9.17, 15) is 4.79 Å². The number of nitrogens with zero attached hydrogens (tertiary/aromatic N) is 2. The molecule has 6 heteroatoms. The van der Waals surface area contributed by atoms with Gasteiger partial charge in [0, 0.05) is 20.7 Å². The Morgan fingerprint density at radius 2 is 2.41 bits per heavy atom. The molecule has 0 aliphatic heterocycles. The van der Waals surface area contributed by atoms with E-state index < -0.39 is 0 Å². The van der Waals surface area contributed by atoms with E-state index in [1.807, 2.05) is 0 Å². The maximum Gasteiger partial charge on any atom is 0.271 e. The Morgan fingerprint density at radius 1 is 1.71 bits per heavy atom. The highest BCUT2D eigenvalue weighted by Gasteiger charge is 2.37. The lowest BCUT2D eigenvalue weighted by Crippen LogP contribution is -2.49. The highest BCUT2D eigenvalue weighted by molar-refractivity contribution is 5.97. The number of methoxy groups -OCH3 is 1. The van der Waals surface area contributed by atoms with E-state index in [0.717, 1.165) is 19.3 Å². The van der Waals surface area contributed by atoms with Gasteiger partial charge in [0.15, 0.2) is 0 Å². The van der Waals surface area contributed by atoms with Gasteiger partial charge in [-0.25, -0.2) is 0 Å². The lowest BCUT2D eigenvalue weighted by molar-refractivity contribution is -0.0679. The van der Waals surface area contributed by atoms with Crippen LogP contribution in [0.2, 0.25) is 0 Å². The van der Waals surface area contributed by atoms with Crippen molar-refractivity contribution in [3.63, 3.8) is 0 Å². The van der Waals surface area contributed by atoms with Gasteiger partial charge in [-0.15, -0.1) is 0 Å². The maximum atomic E-state index is 11.9. The van der Waals surface area contributed by atoms with Crippen LogP contribution in [0, 0.1) is 0 Å². The van der Waals surface area contributed by atoms with E-state index >= 15 is 0 Å². The van der Waals surface area contributed by atoms with Crippen molar-refractivity contribution in [2.45, 2.75) is 24.9 Å². The highest BCUT2D eigenvalue weighted by Crippen LogP contribution is 2.34. The number of nitrogen functional groups attached to an aromatic ring is 1. The zero-order valence-electron chi connectivity index (χ0n) is 10.2. The van der Waals surface area contributed by atoms with Crippen molar-refractivity contribution in [3.8, 4) is 0 Å². The van der Waals surface area contributed by atoms with Crippen molar-refractivity contribution >= 4 is 11.6 Å². The van der Waals surface area contributed by atoms with Crippen LogP contribution in [0.15, 0.2) is 6.20 Å². The zero-order valence-corrected chi connectivity index (χ0v) is 10.2. The first-order valence-electron chi connectivity index (χ1n) is 5.69. The van der Waals surface area contributed by atoms with Crippen LogP contribution < -0.4 is 11.1 Å². The second-order valence-corrected chi connectivity index (χ2v) is 4.50. The average molecular weight is 238 g/mol. The SMILES string of the molecule is COC1(CNC(=O)c2c(N)cnn2C)CCC1. The minimum atomic E-state index is -0.203. The first-order valence-corrected chi connectivity index (χ1v) is 5.69. The zero-order chi connectivity index (χ0) is 12.5. The summed E-state index contributed by atoms with van der Waals surface area (Å²) in [6, 6.07) is 0. The molecule has 1 aliphatic carbocycles. The molecular formula is C11H18N4O2. The van der Waals surface area contributed by atoms with Crippen LogP contribution in [0.3, 0.4) is 0 Å². The summed E-state index contributed by atoms with van der Waals surface area (Å²) in [5.74, 6) is -0.203. The Morgan fingerprint density at radius 3 is 2.82 bits per heavy atom. The summed E-state index contributed by atoms with van der Waals surface area (Å²) in [6.45, 7) is 0.521. The number of aryl methyl sites for hydroxylation is 1. The Balaban J connectivity index is 1.98. The molecule has 1 fully saturated rings. The van der Waals surface area contributed by atoms with Gasteiger partial charge in [-0.3, -0.25) is 9.48 Å². The Labute approximate surface area is 100 Å². The maximum absolute atomic E-state index is 11.9. The molecule has 1 aromatic heterocycles. The van der Waals surface area contributed by atoms with E-state index in [0.29, 0.717) is 17.9 Å². The van der Waals surface area contributed by atoms with E-state index in [4.69, 9.17) is 10.5 Å². The molecule has 6 nitrogen and oxygen atoms in total. The third kappa shape index (κ3) is 2.12. The first kappa shape index (κ1) is 11.9. The molecule has 2 rings (SSSR count). The molecule has 1 heterocycles. The minimum Gasteiger partial charge on any atom is -0.396 e. The van der Waals surface area contributed by atoms with Gasteiger partial charge in [0.05, 0.1) is 17.5 Å². The number of hydrogen-bond acceptors (Lipinski definition) is 4. The van der Waals surface area contributed by atoms with E-state index in [2.05, 4.69) is 10.4 Å². The van der Waals surface area contributed by atoms with Crippen LogP contribution in [0.25, 0.3) is 0 Å². The lowest BCUT2D eigenvalue weighted by atomic mass is 9.80. The number of anilines is 1. The third-order valence-electron chi connectivity index (χ3n) is 3.45. The number of amides is 1. The summed E-state index contributed by atoms with van der Waals surface area (Å²) >= 11 is 0. The molecule has 0 radical (unpaired) electrons. The average Bonchev–Trinajstić information content (AvgIpc) is 2.57. The van der Waals surface area contributed by atoms with E-state index in [1.54, 1.807) is 14.2 Å². The van der Waals surface area contributed by atoms with Gasteiger partial charge >= 0.3 is 0 Å². The van der Waals surface area contributed by atoms with Crippen LogP contribution in [0.4, 0.5) is 5.69 Å². The number of carbonyl (C=O) groups excluding carboxylic acids is 1. The van der Waals surface area contributed by atoms with Gasteiger partial charge in [-0.05, 0) is 19.3 Å². The van der Waals surface area contributed by atoms with Crippen molar-refractivity contribution < 1.29 is 9.53 Å². The monoisotopic (exact) mass is 238 g/mol. The van der Waals surface area contributed by atoms with Crippen LogP contribution in [-0.4, -0.2) is 34.9 Å². The van der Waals surface area contributed by atoms with Gasteiger partial charge in [0.1, 0.15) is 5.69 Å². The first-order chi connectivity index (χ1) is 8.08. The predicted octanol–water partition coefficient (Wildman–Crippen LogP) is 0.301. The summed E-state index contributed by atoms with van der Waals surface area (Å²) in [5, 5.41) is 6.79. The van der Waals surface area contributed by atoms with Crippen molar-refractivity contribution in [3.05, 3.63) is 11.9 Å². The van der Waals surface area contributed by atoms with Gasteiger partial charge in [-0.1, -0.05) is 0 Å². The molecule has 0 bridgehead atoms. The Bertz CT molecular complexity index is 398. The lowest BCUT2D eigenvalue weighted by Gasteiger charge is -2.40. The van der Waals surface area contributed by atoms with Crippen molar-refractivity contribution in [2.75, 3.05) is 19.4 Å². The van der Waals surface area contributed by atoms with Crippen molar-refractivity contribution in [2.24, 2.45) is 7.05 Å². The quantitative estimate of drug-likeness (QED) is 0.790. The number of hydrogen-bond donors (Lipinski definition) is 2. The van der Waals surface area contributed by atoms with Crippen LogP contribution in [0.5, 0.6) is 0 Å². The van der Waals surface area contributed by atoms with Crippen LogP contribution in [0.1, 0.15) is 29.8 Å². The molecule has 1 saturated carbocycles. The van der Waals surface area contributed by atoms with Crippen LogP contribution >= 0.6 is 0 Å². The molecule has 17 heavy (non-hydrogen) atoms. The number of nitrogens with one attached hydrogen (secondary N) is 1. The molecule has 1 aromatic rings. The second kappa shape index (κ2) is 4.37. The second-order valence-electron chi connectivity index (χ2n) is 4.50. The molecule has 3 N–H and O–H groups in total. The fraction of sp³-hybridized carbons (Fsp3) is 0.636. The van der Waals surface area contributed by atoms with Gasteiger partial charge in [0.2, 0.25) is 0 Å². The van der Waals surface area contributed by atoms with Crippen molar-refractivity contribution in [1.82, 2.24) is 15.1 Å². The van der Waals surface area contributed by atoms with Crippen molar-refractivity contribution in [1.29, 1.82) is 0 Å². The Hall–Kier alpha value is -1.56. The smallest absolute Gasteiger partial charge is 0.271 e. The molecule has 0 aromatic carbocycles. The summed E-state index contributed by atoms with van der Waals surface area (Å²) in [6.07, 6.45) is 4.61. The molecule has 94 valence electrons. The predicted molar refractivity (Wildman–Crippen MR) is 63.5 cm³/mol. The topological polar surface area (TPSA) is 82.2 Å². The van der Waals surface area contributed by atoms with Gasteiger partial charge in [-0.2, -0.15) is 5.10 Å². The number of ether oxygens (including phenoxy) is 1. The number of rotatable bonds is 4. The summed E-state index contributed by atoms with van der Waals surface area (Å²) < 4.78 is 6.91. The van der Waals surface area contributed by atoms with Gasteiger partial charge < -0.3 is 15.8 Å².